The zero-order valence-corrected chi connectivity index (χ0v) is 14.1. The van der Waals surface area contributed by atoms with Gasteiger partial charge in [-0.3, -0.25) is 0 Å². The summed E-state index contributed by atoms with van der Waals surface area (Å²) in [6.45, 7) is 13.0. The summed E-state index contributed by atoms with van der Waals surface area (Å²) >= 11 is 0. The highest BCUT2D eigenvalue weighted by atomic mass is 16.3. The van der Waals surface area contributed by atoms with Crippen molar-refractivity contribution in [1.82, 2.24) is 4.90 Å². The van der Waals surface area contributed by atoms with Gasteiger partial charge in [-0.05, 0) is 61.9 Å². The maximum Gasteiger partial charge on any atom is 0.0581 e. The SMILES string of the molecule is CCC1(CC)CCN(CC2CC(C)(C)CCC2O)CC1. The van der Waals surface area contributed by atoms with Crippen LogP contribution in [0.5, 0.6) is 0 Å². The summed E-state index contributed by atoms with van der Waals surface area (Å²) in [6, 6.07) is 0. The van der Waals surface area contributed by atoms with Crippen LogP contribution in [0, 0.1) is 16.7 Å². The number of hydrogen-bond donors (Lipinski definition) is 1. The second-order valence-electron chi connectivity index (χ2n) is 8.24. The topological polar surface area (TPSA) is 23.5 Å². The lowest BCUT2D eigenvalue weighted by atomic mass is 9.70. The monoisotopic (exact) mass is 281 g/mol. The summed E-state index contributed by atoms with van der Waals surface area (Å²) in [5, 5.41) is 10.3. The Morgan fingerprint density at radius 2 is 1.65 bits per heavy atom. The lowest BCUT2D eigenvalue weighted by molar-refractivity contribution is -0.00781. The molecular weight excluding hydrogens is 246 g/mol. The Kier molecular flexibility index (Phi) is 5.18. The molecule has 1 heterocycles. The lowest BCUT2D eigenvalue weighted by Gasteiger charge is -2.45. The predicted octanol–water partition coefficient (Wildman–Crippen LogP) is 4.08. The summed E-state index contributed by atoms with van der Waals surface area (Å²) in [7, 11) is 0. The normalized spacial score (nSPS) is 34.0. The molecule has 1 aliphatic heterocycles. The van der Waals surface area contributed by atoms with Gasteiger partial charge in [0, 0.05) is 6.54 Å². The number of nitrogens with zero attached hydrogens (tertiary/aromatic N) is 1. The molecule has 1 aliphatic carbocycles. The fourth-order valence-electron chi connectivity index (χ4n) is 4.41. The van der Waals surface area contributed by atoms with E-state index in [1.165, 1.54) is 51.6 Å². The van der Waals surface area contributed by atoms with Crippen molar-refractivity contribution in [3.63, 3.8) is 0 Å². The largest absolute Gasteiger partial charge is 0.393 e. The number of aliphatic hydroxyl groups excluding tert-OH is 1. The van der Waals surface area contributed by atoms with E-state index < -0.39 is 0 Å². The molecule has 0 aromatic rings. The lowest BCUT2D eigenvalue weighted by Crippen LogP contribution is -2.45. The molecule has 0 radical (unpaired) electrons. The summed E-state index contributed by atoms with van der Waals surface area (Å²) in [4.78, 5) is 2.62. The van der Waals surface area contributed by atoms with E-state index in [4.69, 9.17) is 0 Å². The predicted molar refractivity (Wildman–Crippen MR) is 85.8 cm³/mol. The van der Waals surface area contributed by atoms with Crippen molar-refractivity contribution >= 4 is 0 Å². The molecule has 2 unspecified atom stereocenters. The first-order chi connectivity index (χ1) is 9.40. The van der Waals surface area contributed by atoms with Crippen LogP contribution in [0.4, 0.5) is 0 Å². The summed E-state index contributed by atoms with van der Waals surface area (Å²) in [5.74, 6) is 0.495. The van der Waals surface area contributed by atoms with E-state index in [0.717, 1.165) is 13.0 Å². The average molecular weight is 281 g/mol. The van der Waals surface area contributed by atoms with Gasteiger partial charge < -0.3 is 10.0 Å². The zero-order chi connectivity index (χ0) is 14.8. The summed E-state index contributed by atoms with van der Waals surface area (Å²) < 4.78 is 0. The number of piperidine rings is 1. The molecule has 118 valence electrons. The van der Waals surface area contributed by atoms with Crippen LogP contribution in [0.1, 0.15) is 72.6 Å². The second-order valence-corrected chi connectivity index (χ2v) is 8.24. The molecular formula is C18H35NO. The Bertz CT molecular complexity index is 299. The van der Waals surface area contributed by atoms with Gasteiger partial charge in [0.15, 0.2) is 0 Å². The fourth-order valence-corrected chi connectivity index (χ4v) is 4.41. The maximum absolute atomic E-state index is 10.3. The Morgan fingerprint density at radius 3 is 2.20 bits per heavy atom. The van der Waals surface area contributed by atoms with E-state index in [-0.39, 0.29) is 6.10 Å². The van der Waals surface area contributed by atoms with Crippen LogP contribution in [-0.4, -0.2) is 35.7 Å². The van der Waals surface area contributed by atoms with Gasteiger partial charge in [-0.1, -0.05) is 40.5 Å². The van der Waals surface area contributed by atoms with Crippen molar-refractivity contribution in [3.8, 4) is 0 Å². The van der Waals surface area contributed by atoms with E-state index in [0.29, 0.717) is 16.7 Å². The minimum atomic E-state index is -0.0629. The van der Waals surface area contributed by atoms with Crippen molar-refractivity contribution in [1.29, 1.82) is 0 Å². The molecule has 1 N–H and O–H groups in total. The van der Waals surface area contributed by atoms with Crippen LogP contribution in [0.25, 0.3) is 0 Å². The average Bonchev–Trinajstić information content (AvgIpc) is 2.44. The molecule has 0 aromatic heterocycles. The third-order valence-electron chi connectivity index (χ3n) is 6.39. The van der Waals surface area contributed by atoms with Crippen LogP contribution in [0.15, 0.2) is 0 Å². The molecule has 2 heteroatoms. The molecule has 2 aliphatic rings. The van der Waals surface area contributed by atoms with Crippen LogP contribution in [0.2, 0.25) is 0 Å². The van der Waals surface area contributed by atoms with E-state index in [9.17, 15) is 5.11 Å². The smallest absolute Gasteiger partial charge is 0.0581 e. The first-order valence-electron chi connectivity index (χ1n) is 8.80. The van der Waals surface area contributed by atoms with Crippen molar-refractivity contribution in [2.75, 3.05) is 19.6 Å². The molecule has 20 heavy (non-hydrogen) atoms. The van der Waals surface area contributed by atoms with Crippen LogP contribution in [-0.2, 0) is 0 Å². The number of likely N-dealkylation sites (tertiary alicyclic amines) is 1. The molecule has 0 aromatic carbocycles. The molecule has 2 fully saturated rings. The van der Waals surface area contributed by atoms with Crippen molar-refractivity contribution in [3.05, 3.63) is 0 Å². The standard InChI is InChI=1S/C18H35NO/c1-5-18(6-2)9-11-19(12-10-18)14-15-13-17(3,4)8-7-16(15)20/h15-16,20H,5-14H2,1-4H3. The second kappa shape index (κ2) is 6.36. The highest BCUT2D eigenvalue weighted by Gasteiger charge is 2.37. The van der Waals surface area contributed by atoms with Gasteiger partial charge in [0.05, 0.1) is 6.10 Å². The van der Waals surface area contributed by atoms with Gasteiger partial charge in [0.2, 0.25) is 0 Å². The van der Waals surface area contributed by atoms with E-state index >= 15 is 0 Å². The zero-order valence-electron chi connectivity index (χ0n) is 14.1. The number of hydrogen-bond acceptors (Lipinski definition) is 2. The van der Waals surface area contributed by atoms with Gasteiger partial charge in [0.1, 0.15) is 0 Å². The van der Waals surface area contributed by atoms with Crippen molar-refractivity contribution in [2.24, 2.45) is 16.7 Å². The minimum absolute atomic E-state index is 0.0629. The van der Waals surface area contributed by atoms with Crippen LogP contribution in [0.3, 0.4) is 0 Å². The highest BCUT2D eigenvalue weighted by molar-refractivity contribution is 4.89. The highest BCUT2D eigenvalue weighted by Crippen LogP contribution is 2.41. The Morgan fingerprint density at radius 1 is 1.05 bits per heavy atom. The van der Waals surface area contributed by atoms with E-state index in [1.54, 1.807) is 0 Å². The summed E-state index contributed by atoms with van der Waals surface area (Å²) in [5.41, 5.74) is 1.04. The van der Waals surface area contributed by atoms with E-state index in [2.05, 4.69) is 32.6 Å². The quantitative estimate of drug-likeness (QED) is 0.839. The van der Waals surface area contributed by atoms with Gasteiger partial charge in [-0.25, -0.2) is 0 Å². The molecule has 0 bridgehead atoms. The van der Waals surface area contributed by atoms with Gasteiger partial charge in [-0.15, -0.1) is 0 Å². The fraction of sp³-hybridized carbons (Fsp3) is 1.00. The number of aliphatic hydroxyl groups is 1. The molecule has 2 rings (SSSR count). The first kappa shape index (κ1) is 16.3. The Labute approximate surface area is 125 Å². The molecule has 1 saturated heterocycles. The third-order valence-corrected chi connectivity index (χ3v) is 6.39. The molecule has 2 nitrogen and oxygen atoms in total. The minimum Gasteiger partial charge on any atom is -0.393 e. The van der Waals surface area contributed by atoms with Gasteiger partial charge >= 0.3 is 0 Å². The van der Waals surface area contributed by atoms with Gasteiger partial charge in [-0.2, -0.15) is 0 Å². The molecule has 0 spiro atoms. The summed E-state index contributed by atoms with van der Waals surface area (Å²) in [6.07, 6.45) is 8.67. The number of rotatable bonds is 4. The van der Waals surface area contributed by atoms with E-state index in [1.807, 2.05) is 0 Å². The molecule has 2 atom stereocenters. The first-order valence-corrected chi connectivity index (χ1v) is 8.80. The van der Waals surface area contributed by atoms with Crippen LogP contribution >= 0.6 is 0 Å². The van der Waals surface area contributed by atoms with Crippen molar-refractivity contribution < 1.29 is 5.11 Å². The maximum atomic E-state index is 10.3. The molecule has 0 amide bonds. The Hall–Kier alpha value is -0.0800. The molecule has 1 saturated carbocycles. The van der Waals surface area contributed by atoms with Gasteiger partial charge in [0.25, 0.3) is 0 Å². The Balaban J connectivity index is 1.85. The van der Waals surface area contributed by atoms with Crippen molar-refractivity contribution in [2.45, 2.75) is 78.7 Å². The third kappa shape index (κ3) is 3.76. The van der Waals surface area contributed by atoms with Crippen LogP contribution < -0.4 is 0 Å².